The van der Waals surface area contributed by atoms with Gasteiger partial charge in [-0.05, 0) is 25.0 Å². The highest BCUT2D eigenvalue weighted by molar-refractivity contribution is 7.89. The van der Waals surface area contributed by atoms with Gasteiger partial charge in [-0.2, -0.15) is 5.10 Å². The van der Waals surface area contributed by atoms with Crippen LogP contribution in [0.25, 0.3) is 0 Å². The molecule has 0 amide bonds. The zero-order chi connectivity index (χ0) is 15.6. The van der Waals surface area contributed by atoms with Gasteiger partial charge in [-0.15, -0.1) is 0 Å². The normalized spacial score (nSPS) is 11.8. The monoisotopic (exact) mass is 308 g/mol. The van der Waals surface area contributed by atoms with Gasteiger partial charge in [-0.1, -0.05) is 19.1 Å². The number of nitrogens with one attached hydrogen (secondary N) is 1. The molecule has 1 heterocycles. The van der Waals surface area contributed by atoms with Crippen LogP contribution in [0.15, 0.2) is 29.3 Å². The van der Waals surface area contributed by atoms with Crippen molar-refractivity contribution in [3.63, 3.8) is 0 Å². The van der Waals surface area contributed by atoms with Crippen LogP contribution in [0.3, 0.4) is 0 Å². The minimum atomic E-state index is -3.65. The lowest BCUT2D eigenvalue weighted by molar-refractivity contribution is 0.581. The number of rotatable bonds is 5. The summed E-state index contributed by atoms with van der Waals surface area (Å²) >= 11 is 0. The van der Waals surface area contributed by atoms with Crippen LogP contribution in [0.1, 0.15) is 23.7 Å². The highest BCUT2D eigenvalue weighted by atomic mass is 32.2. The summed E-state index contributed by atoms with van der Waals surface area (Å²) in [6.45, 7) is 3.92. The molecule has 0 radical (unpaired) electrons. The number of aromatic nitrogens is 2. The summed E-state index contributed by atoms with van der Waals surface area (Å²) in [5.41, 5.74) is 8.44. The molecular formula is C14H20N4O2S. The number of aryl methyl sites for hydroxylation is 3. The number of nitrogens with two attached hydrogens (primary N) is 1. The van der Waals surface area contributed by atoms with Crippen LogP contribution in [-0.4, -0.2) is 18.2 Å². The van der Waals surface area contributed by atoms with E-state index in [2.05, 4.69) is 9.82 Å². The van der Waals surface area contributed by atoms with Crippen LogP contribution in [0, 0.1) is 6.92 Å². The largest absolute Gasteiger partial charge is 0.398 e. The Hall–Kier alpha value is -1.86. The Balaban J connectivity index is 2.26. The van der Waals surface area contributed by atoms with E-state index in [0.717, 1.165) is 17.7 Å². The average Bonchev–Trinajstić information content (AvgIpc) is 2.76. The molecule has 1 aromatic carbocycles. The fourth-order valence-corrected chi connectivity index (χ4v) is 3.68. The van der Waals surface area contributed by atoms with Gasteiger partial charge in [0.1, 0.15) is 4.90 Å². The molecule has 0 spiro atoms. The lowest BCUT2D eigenvalue weighted by Crippen LogP contribution is -2.25. The zero-order valence-corrected chi connectivity index (χ0v) is 13.2. The molecular weight excluding hydrogens is 288 g/mol. The van der Waals surface area contributed by atoms with Gasteiger partial charge in [-0.3, -0.25) is 4.68 Å². The number of benzene rings is 1. The molecule has 0 aliphatic rings. The number of hydrogen-bond donors (Lipinski definition) is 2. The summed E-state index contributed by atoms with van der Waals surface area (Å²) in [5, 5.41) is 4.29. The van der Waals surface area contributed by atoms with Crippen LogP contribution in [0.5, 0.6) is 0 Å². The molecule has 114 valence electrons. The number of nitrogen functional groups attached to an aromatic ring is 1. The molecule has 0 fully saturated rings. The number of hydrogen-bond acceptors (Lipinski definition) is 4. The minimum absolute atomic E-state index is 0.145. The van der Waals surface area contributed by atoms with Crippen molar-refractivity contribution in [1.29, 1.82) is 0 Å². The average molecular weight is 308 g/mol. The van der Waals surface area contributed by atoms with Crippen molar-refractivity contribution < 1.29 is 8.42 Å². The second-order valence-electron chi connectivity index (χ2n) is 4.95. The predicted molar refractivity (Wildman–Crippen MR) is 82.2 cm³/mol. The van der Waals surface area contributed by atoms with E-state index in [1.54, 1.807) is 29.8 Å². The molecule has 0 saturated carbocycles. The smallest absolute Gasteiger partial charge is 0.243 e. The topological polar surface area (TPSA) is 90.0 Å². The maximum atomic E-state index is 12.4. The van der Waals surface area contributed by atoms with E-state index < -0.39 is 10.0 Å². The van der Waals surface area contributed by atoms with Crippen LogP contribution in [0.2, 0.25) is 0 Å². The Morgan fingerprint density at radius 2 is 2.10 bits per heavy atom. The third-order valence-corrected chi connectivity index (χ3v) is 4.91. The van der Waals surface area contributed by atoms with Gasteiger partial charge in [-0.25, -0.2) is 13.1 Å². The summed E-state index contributed by atoms with van der Waals surface area (Å²) in [5.74, 6) is 0. The first-order valence-corrected chi connectivity index (χ1v) is 8.19. The van der Waals surface area contributed by atoms with Gasteiger partial charge in [0.15, 0.2) is 0 Å². The summed E-state index contributed by atoms with van der Waals surface area (Å²) in [4.78, 5) is 0.145. The number of nitrogens with zero attached hydrogens (tertiary/aromatic N) is 2. The Bertz CT molecular complexity index is 730. The van der Waals surface area contributed by atoms with Crippen LogP contribution >= 0.6 is 0 Å². The Morgan fingerprint density at radius 3 is 2.71 bits per heavy atom. The van der Waals surface area contributed by atoms with Crippen molar-refractivity contribution >= 4 is 15.7 Å². The molecule has 0 saturated heterocycles. The number of anilines is 1. The van der Waals surface area contributed by atoms with Crippen molar-refractivity contribution in [2.24, 2.45) is 7.05 Å². The van der Waals surface area contributed by atoms with E-state index >= 15 is 0 Å². The lowest BCUT2D eigenvalue weighted by Gasteiger charge is -2.11. The summed E-state index contributed by atoms with van der Waals surface area (Å²) < 4.78 is 29.2. The van der Waals surface area contributed by atoms with Crippen molar-refractivity contribution in [2.45, 2.75) is 31.7 Å². The lowest BCUT2D eigenvalue weighted by atomic mass is 10.2. The molecule has 7 heteroatoms. The maximum absolute atomic E-state index is 12.4. The van der Waals surface area contributed by atoms with Gasteiger partial charge in [0.2, 0.25) is 10.0 Å². The second-order valence-corrected chi connectivity index (χ2v) is 6.65. The standard InChI is InChI=1S/C14H20N4O2S/c1-4-13-11(9-18(3)17-13)8-16-21(19,20)14-10(2)6-5-7-12(14)15/h5-7,9,16H,4,8,15H2,1-3H3. The molecule has 0 unspecified atom stereocenters. The zero-order valence-electron chi connectivity index (χ0n) is 12.4. The summed E-state index contributed by atoms with van der Waals surface area (Å²) in [6.07, 6.45) is 2.58. The summed E-state index contributed by atoms with van der Waals surface area (Å²) in [7, 11) is -1.83. The van der Waals surface area contributed by atoms with E-state index in [1.807, 2.05) is 20.2 Å². The fourth-order valence-electron chi connectivity index (χ4n) is 2.32. The first-order chi connectivity index (χ1) is 9.85. The molecule has 21 heavy (non-hydrogen) atoms. The fraction of sp³-hybridized carbons (Fsp3) is 0.357. The van der Waals surface area contributed by atoms with E-state index in [1.165, 1.54) is 0 Å². The SMILES string of the molecule is CCc1nn(C)cc1CNS(=O)(=O)c1c(C)cccc1N. The van der Waals surface area contributed by atoms with Gasteiger partial charge in [0.05, 0.1) is 11.4 Å². The number of sulfonamides is 1. The minimum Gasteiger partial charge on any atom is -0.398 e. The maximum Gasteiger partial charge on any atom is 0.243 e. The van der Waals surface area contributed by atoms with Crippen LogP contribution < -0.4 is 10.5 Å². The van der Waals surface area contributed by atoms with E-state index in [-0.39, 0.29) is 17.1 Å². The van der Waals surface area contributed by atoms with Gasteiger partial charge in [0, 0.05) is 25.4 Å². The molecule has 1 aromatic heterocycles. The molecule has 0 aliphatic carbocycles. The molecule has 3 N–H and O–H groups in total. The van der Waals surface area contributed by atoms with Gasteiger partial charge in [0.25, 0.3) is 0 Å². The van der Waals surface area contributed by atoms with Crippen molar-refractivity contribution in [2.75, 3.05) is 5.73 Å². The first kappa shape index (κ1) is 15.5. The van der Waals surface area contributed by atoms with E-state index in [0.29, 0.717) is 5.56 Å². The van der Waals surface area contributed by atoms with Crippen molar-refractivity contribution in [1.82, 2.24) is 14.5 Å². The molecule has 0 bridgehead atoms. The quantitative estimate of drug-likeness (QED) is 0.816. The van der Waals surface area contributed by atoms with E-state index in [4.69, 9.17) is 5.73 Å². The Morgan fingerprint density at radius 1 is 1.38 bits per heavy atom. The Kier molecular flexibility index (Phi) is 4.34. The second kappa shape index (κ2) is 5.87. The van der Waals surface area contributed by atoms with Gasteiger partial charge < -0.3 is 5.73 Å². The third-order valence-electron chi connectivity index (χ3n) is 3.29. The summed E-state index contributed by atoms with van der Waals surface area (Å²) in [6, 6.07) is 5.05. The van der Waals surface area contributed by atoms with Crippen molar-refractivity contribution in [3.8, 4) is 0 Å². The molecule has 2 aromatic rings. The molecule has 6 nitrogen and oxygen atoms in total. The highest BCUT2D eigenvalue weighted by Gasteiger charge is 2.20. The predicted octanol–water partition coefficient (Wildman–Crippen LogP) is 1.35. The highest BCUT2D eigenvalue weighted by Crippen LogP contribution is 2.22. The van der Waals surface area contributed by atoms with E-state index in [9.17, 15) is 8.42 Å². The third kappa shape index (κ3) is 3.25. The van der Waals surface area contributed by atoms with Crippen molar-refractivity contribution in [3.05, 3.63) is 41.2 Å². The van der Waals surface area contributed by atoms with Crippen LogP contribution in [-0.2, 0) is 30.0 Å². The Labute approximate surface area is 125 Å². The van der Waals surface area contributed by atoms with Crippen LogP contribution in [0.4, 0.5) is 5.69 Å². The molecule has 0 aliphatic heterocycles. The molecule has 2 rings (SSSR count). The first-order valence-electron chi connectivity index (χ1n) is 6.71. The van der Waals surface area contributed by atoms with Gasteiger partial charge >= 0.3 is 0 Å². The molecule has 0 atom stereocenters.